The lowest BCUT2D eigenvalue weighted by molar-refractivity contribution is 0.0955. The predicted molar refractivity (Wildman–Crippen MR) is 134 cm³/mol. The van der Waals surface area contributed by atoms with Crippen molar-refractivity contribution in [3.05, 3.63) is 113 Å². The molecule has 1 heterocycles. The van der Waals surface area contributed by atoms with Gasteiger partial charge < -0.3 is 14.0 Å². The molecule has 3 aromatic carbocycles. The minimum atomic E-state index is -0.299. The number of carbonyl (C=O) groups is 1. The molecule has 0 aliphatic rings. The van der Waals surface area contributed by atoms with Crippen molar-refractivity contribution < 1.29 is 14.3 Å². The van der Waals surface area contributed by atoms with Gasteiger partial charge in [-0.1, -0.05) is 35.9 Å². The second-order valence-electron chi connectivity index (χ2n) is 7.36. The second-order valence-corrected chi connectivity index (χ2v) is 7.80. The van der Waals surface area contributed by atoms with Gasteiger partial charge in [0.2, 0.25) is 0 Å². The average molecular weight is 474 g/mol. The van der Waals surface area contributed by atoms with Gasteiger partial charge >= 0.3 is 0 Å². The molecule has 1 amide bonds. The van der Waals surface area contributed by atoms with Gasteiger partial charge in [-0.15, -0.1) is 0 Å². The molecule has 0 aliphatic heterocycles. The monoisotopic (exact) mass is 473 g/mol. The molecule has 0 saturated heterocycles. The summed E-state index contributed by atoms with van der Waals surface area (Å²) in [5.74, 6) is 0.911. The van der Waals surface area contributed by atoms with E-state index in [2.05, 4.69) is 10.5 Å². The largest absolute Gasteiger partial charge is 0.490 e. The molecule has 0 bridgehead atoms. The summed E-state index contributed by atoms with van der Waals surface area (Å²) < 4.78 is 13.6. The van der Waals surface area contributed by atoms with Crippen molar-refractivity contribution in [3.63, 3.8) is 0 Å². The molecule has 0 spiro atoms. The molecule has 0 unspecified atom stereocenters. The number of hydrogen-bond donors (Lipinski definition) is 1. The molecule has 34 heavy (non-hydrogen) atoms. The van der Waals surface area contributed by atoms with E-state index in [4.69, 9.17) is 21.1 Å². The minimum Gasteiger partial charge on any atom is -0.490 e. The molecule has 0 atom stereocenters. The Balaban J connectivity index is 1.44. The molecular formula is C27H24ClN3O3. The number of nitrogens with zero attached hydrogens (tertiary/aromatic N) is 2. The van der Waals surface area contributed by atoms with Crippen molar-refractivity contribution in [1.29, 1.82) is 0 Å². The van der Waals surface area contributed by atoms with Gasteiger partial charge in [-0.2, -0.15) is 5.10 Å². The third-order valence-electron chi connectivity index (χ3n) is 4.96. The van der Waals surface area contributed by atoms with Crippen LogP contribution in [0.15, 0.2) is 96.4 Å². The Hall–Kier alpha value is -4.03. The molecule has 4 aromatic rings. The number of benzene rings is 3. The van der Waals surface area contributed by atoms with Crippen molar-refractivity contribution in [1.82, 2.24) is 9.99 Å². The summed E-state index contributed by atoms with van der Waals surface area (Å²) in [5.41, 5.74) is 5.63. The summed E-state index contributed by atoms with van der Waals surface area (Å²) >= 11 is 6.05. The Bertz CT molecular complexity index is 1290. The maximum Gasteiger partial charge on any atom is 0.273 e. The summed E-state index contributed by atoms with van der Waals surface area (Å²) in [6, 6.07) is 24.2. The van der Waals surface area contributed by atoms with Crippen LogP contribution in [0.4, 0.5) is 0 Å². The molecule has 1 aromatic heterocycles. The first-order valence-corrected chi connectivity index (χ1v) is 11.2. The average Bonchev–Trinajstić information content (AvgIpc) is 3.39. The van der Waals surface area contributed by atoms with E-state index in [-0.39, 0.29) is 5.91 Å². The maximum absolute atomic E-state index is 12.7. The third-order valence-corrected chi connectivity index (χ3v) is 5.20. The Morgan fingerprint density at radius 2 is 1.79 bits per heavy atom. The van der Waals surface area contributed by atoms with E-state index in [1.54, 1.807) is 12.3 Å². The van der Waals surface area contributed by atoms with Crippen molar-refractivity contribution in [2.24, 2.45) is 5.10 Å². The fourth-order valence-electron chi connectivity index (χ4n) is 3.39. The Morgan fingerprint density at radius 3 is 2.59 bits per heavy atom. The van der Waals surface area contributed by atoms with E-state index >= 15 is 0 Å². The normalized spacial score (nSPS) is 10.9. The number of halogens is 1. The van der Waals surface area contributed by atoms with Crippen LogP contribution in [0.25, 0.3) is 5.69 Å². The minimum absolute atomic E-state index is 0.299. The number of hydrazone groups is 1. The molecule has 172 valence electrons. The van der Waals surface area contributed by atoms with E-state index in [0.29, 0.717) is 35.3 Å². The van der Waals surface area contributed by atoms with Gasteiger partial charge in [-0.3, -0.25) is 4.79 Å². The summed E-state index contributed by atoms with van der Waals surface area (Å²) in [7, 11) is 0. The van der Waals surface area contributed by atoms with Crippen LogP contribution in [-0.2, 0) is 6.61 Å². The summed E-state index contributed by atoms with van der Waals surface area (Å²) in [6.45, 7) is 2.76. The Kier molecular flexibility index (Phi) is 7.63. The summed E-state index contributed by atoms with van der Waals surface area (Å²) in [6.07, 6.45) is 5.35. The van der Waals surface area contributed by atoms with Crippen LogP contribution >= 0.6 is 11.6 Å². The molecule has 4 rings (SSSR count). The Morgan fingerprint density at radius 1 is 0.971 bits per heavy atom. The lowest BCUT2D eigenvalue weighted by Crippen LogP contribution is -2.19. The SMILES string of the molecule is CCOc1cc(/C=N/NC(=O)c2ccccc2-n2cccc2)ccc1OCc1cccc(Cl)c1. The van der Waals surface area contributed by atoms with Gasteiger partial charge in [0.05, 0.1) is 24.1 Å². The van der Waals surface area contributed by atoms with Crippen LogP contribution < -0.4 is 14.9 Å². The highest BCUT2D eigenvalue weighted by molar-refractivity contribution is 6.30. The standard InChI is InChI=1S/C27H24ClN3O3/c1-2-33-26-17-20(12-13-25(26)34-19-21-8-7-9-22(28)16-21)18-29-30-27(32)23-10-3-4-11-24(23)31-14-5-6-15-31/h3-18H,2,19H2,1H3,(H,30,32)/b29-18+. The number of hydrogen-bond acceptors (Lipinski definition) is 4. The van der Waals surface area contributed by atoms with Crippen LogP contribution in [0.1, 0.15) is 28.4 Å². The quantitative estimate of drug-likeness (QED) is 0.244. The van der Waals surface area contributed by atoms with E-state index in [1.807, 2.05) is 96.7 Å². The topological polar surface area (TPSA) is 64.8 Å². The number of carbonyl (C=O) groups excluding carboxylic acids is 1. The lowest BCUT2D eigenvalue weighted by Gasteiger charge is -2.13. The fourth-order valence-corrected chi connectivity index (χ4v) is 3.60. The molecule has 0 saturated carbocycles. The summed E-state index contributed by atoms with van der Waals surface area (Å²) in [4.78, 5) is 12.7. The summed E-state index contributed by atoms with van der Waals surface area (Å²) in [5, 5.41) is 4.79. The molecular weight excluding hydrogens is 450 g/mol. The van der Waals surface area contributed by atoms with Crippen molar-refractivity contribution in [3.8, 4) is 17.2 Å². The van der Waals surface area contributed by atoms with Crippen LogP contribution in [0, 0.1) is 0 Å². The van der Waals surface area contributed by atoms with Gasteiger partial charge in [0.25, 0.3) is 5.91 Å². The highest BCUT2D eigenvalue weighted by atomic mass is 35.5. The van der Waals surface area contributed by atoms with Gasteiger partial charge in [-0.05, 0) is 72.6 Å². The molecule has 0 aliphatic carbocycles. The van der Waals surface area contributed by atoms with Gasteiger partial charge in [-0.25, -0.2) is 5.43 Å². The zero-order valence-electron chi connectivity index (χ0n) is 18.6. The highest BCUT2D eigenvalue weighted by Gasteiger charge is 2.11. The number of rotatable bonds is 9. The van der Waals surface area contributed by atoms with E-state index in [0.717, 1.165) is 16.8 Å². The van der Waals surface area contributed by atoms with Crippen molar-refractivity contribution >= 4 is 23.7 Å². The van der Waals surface area contributed by atoms with Crippen LogP contribution in [-0.4, -0.2) is 23.3 Å². The zero-order valence-corrected chi connectivity index (χ0v) is 19.4. The predicted octanol–water partition coefficient (Wildman–Crippen LogP) is 5.87. The zero-order chi connectivity index (χ0) is 23.8. The molecule has 1 N–H and O–H groups in total. The van der Waals surface area contributed by atoms with Crippen molar-refractivity contribution in [2.45, 2.75) is 13.5 Å². The Labute approximate surface area is 203 Å². The maximum atomic E-state index is 12.7. The number of para-hydroxylation sites is 1. The number of aromatic nitrogens is 1. The van der Waals surface area contributed by atoms with Crippen LogP contribution in [0.5, 0.6) is 11.5 Å². The smallest absolute Gasteiger partial charge is 0.273 e. The molecule has 0 radical (unpaired) electrons. The first-order valence-electron chi connectivity index (χ1n) is 10.8. The van der Waals surface area contributed by atoms with E-state index < -0.39 is 0 Å². The number of nitrogens with one attached hydrogen (secondary N) is 1. The van der Waals surface area contributed by atoms with Crippen molar-refractivity contribution in [2.75, 3.05) is 6.61 Å². The first kappa shape index (κ1) is 23.1. The highest BCUT2D eigenvalue weighted by Crippen LogP contribution is 2.29. The molecule has 6 nitrogen and oxygen atoms in total. The fraction of sp³-hybridized carbons (Fsp3) is 0.111. The van der Waals surface area contributed by atoms with E-state index in [9.17, 15) is 4.79 Å². The lowest BCUT2D eigenvalue weighted by atomic mass is 10.1. The van der Waals surface area contributed by atoms with E-state index in [1.165, 1.54) is 0 Å². The van der Waals surface area contributed by atoms with Gasteiger partial charge in [0.15, 0.2) is 11.5 Å². The number of amides is 1. The van der Waals surface area contributed by atoms with Gasteiger partial charge in [0.1, 0.15) is 6.61 Å². The molecule has 7 heteroatoms. The van der Waals surface area contributed by atoms with Crippen LogP contribution in [0.3, 0.4) is 0 Å². The van der Waals surface area contributed by atoms with Gasteiger partial charge in [0, 0.05) is 17.4 Å². The second kappa shape index (κ2) is 11.2. The number of ether oxygens (including phenoxy) is 2. The van der Waals surface area contributed by atoms with Crippen LogP contribution in [0.2, 0.25) is 5.02 Å². The third kappa shape index (κ3) is 5.85. The molecule has 0 fully saturated rings. The first-order chi connectivity index (χ1) is 16.6.